The van der Waals surface area contributed by atoms with Crippen molar-refractivity contribution in [3.63, 3.8) is 0 Å². The SMILES string of the molecule is CCNC(=O)n1ccc(=O)s1. The van der Waals surface area contributed by atoms with Crippen LogP contribution >= 0.6 is 11.5 Å². The summed E-state index contributed by atoms with van der Waals surface area (Å²) in [6.07, 6.45) is 1.46. The van der Waals surface area contributed by atoms with E-state index in [1.165, 1.54) is 16.2 Å². The van der Waals surface area contributed by atoms with E-state index >= 15 is 0 Å². The highest BCUT2D eigenvalue weighted by atomic mass is 32.1. The number of hydrogen-bond donors (Lipinski definition) is 1. The van der Waals surface area contributed by atoms with Gasteiger partial charge < -0.3 is 5.32 Å². The molecule has 0 saturated carbocycles. The molecule has 0 fully saturated rings. The zero-order valence-corrected chi connectivity index (χ0v) is 6.85. The molecule has 5 heteroatoms. The molecule has 1 aromatic rings. The third-order valence-electron chi connectivity index (χ3n) is 1.06. The van der Waals surface area contributed by atoms with E-state index in [-0.39, 0.29) is 10.8 Å². The van der Waals surface area contributed by atoms with Gasteiger partial charge in [-0.2, -0.15) is 0 Å². The van der Waals surface area contributed by atoms with Gasteiger partial charge in [-0.25, -0.2) is 8.75 Å². The van der Waals surface area contributed by atoms with Crippen LogP contribution in [0.2, 0.25) is 0 Å². The Morgan fingerprint density at radius 2 is 2.55 bits per heavy atom. The van der Waals surface area contributed by atoms with Crippen molar-refractivity contribution in [3.8, 4) is 0 Å². The molecule has 0 unspecified atom stereocenters. The van der Waals surface area contributed by atoms with Gasteiger partial charge in [0.1, 0.15) is 0 Å². The van der Waals surface area contributed by atoms with Gasteiger partial charge in [-0.15, -0.1) is 0 Å². The highest BCUT2D eigenvalue weighted by Gasteiger charge is 2.01. The van der Waals surface area contributed by atoms with Gasteiger partial charge >= 0.3 is 6.03 Å². The van der Waals surface area contributed by atoms with Gasteiger partial charge in [-0.05, 0) is 18.5 Å². The molecule has 0 saturated heterocycles. The van der Waals surface area contributed by atoms with Crippen molar-refractivity contribution in [1.82, 2.24) is 9.27 Å². The number of rotatable bonds is 1. The molecule has 11 heavy (non-hydrogen) atoms. The van der Waals surface area contributed by atoms with Crippen LogP contribution in [0.25, 0.3) is 0 Å². The minimum absolute atomic E-state index is 0.115. The van der Waals surface area contributed by atoms with E-state index in [1.54, 1.807) is 0 Å². The largest absolute Gasteiger partial charge is 0.337 e. The van der Waals surface area contributed by atoms with E-state index in [2.05, 4.69) is 5.32 Å². The fraction of sp³-hybridized carbons (Fsp3) is 0.333. The van der Waals surface area contributed by atoms with Crippen LogP contribution in [0.3, 0.4) is 0 Å². The van der Waals surface area contributed by atoms with E-state index in [1.807, 2.05) is 6.92 Å². The molecule has 0 aliphatic carbocycles. The lowest BCUT2D eigenvalue weighted by atomic mass is 10.7. The summed E-state index contributed by atoms with van der Waals surface area (Å²) in [6, 6.07) is 1.11. The molecule has 0 aliphatic heterocycles. The molecule has 0 aliphatic rings. The minimum atomic E-state index is -0.250. The van der Waals surface area contributed by atoms with Gasteiger partial charge in [0, 0.05) is 18.8 Å². The summed E-state index contributed by atoms with van der Waals surface area (Å²) < 4.78 is 1.16. The second-order valence-corrected chi connectivity index (χ2v) is 2.87. The Labute approximate surface area is 67.6 Å². The molecule has 0 spiro atoms. The number of carbonyl (C=O) groups is 1. The summed E-state index contributed by atoms with van der Waals surface area (Å²) in [5.74, 6) is 0. The van der Waals surface area contributed by atoms with Crippen molar-refractivity contribution in [1.29, 1.82) is 0 Å². The molecule has 1 amide bonds. The lowest BCUT2D eigenvalue weighted by molar-refractivity contribution is 0.245. The van der Waals surface area contributed by atoms with Crippen molar-refractivity contribution < 1.29 is 4.79 Å². The third kappa shape index (κ3) is 1.91. The first-order valence-electron chi connectivity index (χ1n) is 3.21. The fourth-order valence-corrected chi connectivity index (χ4v) is 1.21. The standard InChI is InChI=1S/C6H8N2O2S/c1-2-7-6(10)8-4-3-5(9)11-8/h3-4H,2H2,1H3,(H,7,10). The molecule has 1 rings (SSSR count). The van der Waals surface area contributed by atoms with Crippen molar-refractivity contribution in [2.45, 2.75) is 6.92 Å². The quantitative estimate of drug-likeness (QED) is 0.670. The number of nitrogens with zero attached hydrogens (tertiary/aromatic N) is 1. The van der Waals surface area contributed by atoms with Gasteiger partial charge in [0.15, 0.2) is 0 Å². The molecular formula is C6H8N2O2S. The van der Waals surface area contributed by atoms with E-state index in [9.17, 15) is 9.59 Å². The van der Waals surface area contributed by atoms with Crippen molar-refractivity contribution in [2.75, 3.05) is 6.54 Å². The van der Waals surface area contributed by atoms with Crippen LogP contribution in [0.1, 0.15) is 6.92 Å². The van der Waals surface area contributed by atoms with E-state index < -0.39 is 0 Å². The zero-order chi connectivity index (χ0) is 8.27. The molecule has 60 valence electrons. The molecule has 1 aromatic heterocycles. The van der Waals surface area contributed by atoms with Crippen LogP contribution in [0.5, 0.6) is 0 Å². The summed E-state index contributed by atoms with van der Waals surface area (Å²) in [6.45, 7) is 2.39. The highest BCUT2D eigenvalue weighted by Crippen LogP contribution is 1.89. The van der Waals surface area contributed by atoms with Crippen LogP contribution in [-0.4, -0.2) is 16.5 Å². The minimum Gasteiger partial charge on any atom is -0.337 e. The van der Waals surface area contributed by atoms with Gasteiger partial charge in [0.05, 0.1) is 0 Å². The average Bonchev–Trinajstić information content (AvgIpc) is 2.36. The number of carbonyl (C=O) groups excluding carboxylic acids is 1. The predicted octanol–water partition coefficient (Wildman–Crippen LogP) is 0.487. The summed E-state index contributed by atoms with van der Waals surface area (Å²) in [7, 11) is 0. The van der Waals surface area contributed by atoms with Crippen LogP contribution in [0.4, 0.5) is 4.79 Å². The van der Waals surface area contributed by atoms with E-state index in [0.29, 0.717) is 6.54 Å². The third-order valence-corrected chi connectivity index (χ3v) is 1.86. The number of amides is 1. The Bertz CT molecular complexity index is 302. The normalized spacial score (nSPS) is 9.55. The summed E-state index contributed by atoms with van der Waals surface area (Å²) in [5.41, 5.74) is 0. The Hall–Kier alpha value is -1.10. The first-order valence-corrected chi connectivity index (χ1v) is 3.98. The molecule has 0 atom stereocenters. The molecule has 0 aromatic carbocycles. The van der Waals surface area contributed by atoms with Gasteiger partial charge in [-0.1, -0.05) is 0 Å². The molecule has 1 N–H and O–H groups in total. The lowest BCUT2D eigenvalue weighted by Gasteiger charge is -1.98. The van der Waals surface area contributed by atoms with Gasteiger partial charge in [0.25, 0.3) is 0 Å². The Morgan fingerprint density at radius 1 is 1.82 bits per heavy atom. The maximum atomic E-state index is 11.0. The van der Waals surface area contributed by atoms with Crippen LogP contribution < -0.4 is 10.1 Å². The monoisotopic (exact) mass is 172 g/mol. The van der Waals surface area contributed by atoms with Gasteiger partial charge in [-0.3, -0.25) is 4.79 Å². The topological polar surface area (TPSA) is 51.1 Å². The predicted molar refractivity (Wildman–Crippen MR) is 43.0 cm³/mol. The Kier molecular flexibility index (Phi) is 2.43. The second-order valence-electron chi connectivity index (χ2n) is 1.89. The van der Waals surface area contributed by atoms with E-state index in [0.717, 1.165) is 11.5 Å². The first-order chi connectivity index (χ1) is 5.24. The first kappa shape index (κ1) is 8.00. The maximum Gasteiger partial charge on any atom is 0.335 e. The van der Waals surface area contributed by atoms with Crippen LogP contribution in [0, 0.1) is 0 Å². The second kappa shape index (κ2) is 3.34. The van der Waals surface area contributed by atoms with Crippen molar-refractivity contribution >= 4 is 17.6 Å². The zero-order valence-electron chi connectivity index (χ0n) is 6.03. The summed E-state index contributed by atoms with van der Waals surface area (Å²) in [5, 5.41) is 2.57. The van der Waals surface area contributed by atoms with Crippen molar-refractivity contribution in [3.05, 3.63) is 21.8 Å². The molecule has 1 heterocycles. The molecule has 0 radical (unpaired) electrons. The molecular weight excluding hydrogens is 164 g/mol. The summed E-state index contributed by atoms with van der Waals surface area (Å²) >= 11 is 0.885. The maximum absolute atomic E-state index is 11.0. The molecule has 0 bridgehead atoms. The number of hydrogen-bond acceptors (Lipinski definition) is 3. The van der Waals surface area contributed by atoms with Crippen LogP contribution in [0.15, 0.2) is 17.1 Å². The number of nitrogens with one attached hydrogen (secondary N) is 1. The fourth-order valence-electron chi connectivity index (χ4n) is 0.625. The lowest BCUT2D eigenvalue weighted by Crippen LogP contribution is -2.26. The number of aromatic nitrogens is 1. The van der Waals surface area contributed by atoms with E-state index in [4.69, 9.17) is 0 Å². The van der Waals surface area contributed by atoms with Gasteiger partial charge in [0.2, 0.25) is 4.74 Å². The van der Waals surface area contributed by atoms with Crippen LogP contribution in [-0.2, 0) is 0 Å². The summed E-state index contributed by atoms with van der Waals surface area (Å²) in [4.78, 5) is 21.6. The Morgan fingerprint density at radius 3 is 3.00 bits per heavy atom. The Balaban J connectivity index is 2.76. The average molecular weight is 172 g/mol. The highest BCUT2D eigenvalue weighted by molar-refractivity contribution is 7.04. The molecule has 4 nitrogen and oxygen atoms in total. The smallest absolute Gasteiger partial charge is 0.335 e. The van der Waals surface area contributed by atoms with Crippen molar-refractivity contribution in [2.24, 2.45) is 0 Å².